The number of aromatic nitrogens is 1. The highest BCUT2D eigenvalue weighted by molar-refractivity contribution is 6.25. The van der Waals surface area contributed by atoms with Crippen LogP contribution in [-0.2, 0) is 5.41 Å². The Balaban J connectivity index is 1.07. The molecule has 53 heavy (non-hydrogen) atoms. The Bertz CT molecular complexity index is 2870. The molecule has 1 atom stereocenters. The van der Waals surface area contributed by atoms with Gasteiger partial charge in [-0.1, -0.05) is 141 Å². The van der Waals surface area contributed by atoms with Crippen LogP contribution in [0.1, 0.15) is 44.2 Å². The van der Waals surface area contributed by atoms with Gasteiger partial charge in [-0.15, -0.1) is 0 Å². The lowest BCUT2D eigenvalue weighted by atomic mass is 9.77. The van der Waals surface area contributed by atoms with Gasteiger partial charge in [-0.25, -0.2) is 0 Å². The van der Waals surface area contributed by atoms with Crippen molar-refractivity contribution in [2.75, 3.05) is 4.90 Å². The van der Waals surface area contributed by atoms with Crippen molar-refractivity contribution in [2.45, 2.75) is 44.6 Å². The van der Waals surface area contributed by atoms with E-state index >= 15 is 0 Å². The summed E-state index contributed by atoms with van der Waals surface area (Å²) >= 11 is 0. The highest BCUT2D eigenvalue weighted by Gasteiger charge is 2.42. The SMILES string of the molecule is CC1(C)C2=C(C=CC(N(C3=CC=CCC3)c3ccc4c5ccccc5c5ccccc5c4c3)C2)c2c(-n3c4ccccc4c4ccccc43)cccc21. The molecule has 8 aromatic rings. The lowest BCUT2D eigenvalue weighted by molar-refractivity contribution is 0.577. The van der Waals surface area contributed by atoms with E-state index in [-0.39, 0.29) is 11.5 Å². The molecule has 0 spiro atoms. The van der Waals surface area contributed by atoms with Crippen LogP contribution in [0.2, 0.25) is 0 Å². The number of nitrogens with zero attached hydrogens (tertiary/aromatic N) is 2. The predicted molar refractivity (Wildman–Crippen MR) is 226 cm³/mol. The van der Waals surface area contributed by atoms with Crippen molar-refractivity contribution < 1.29 is 0 Å². The summed E-state index contributed by atoms with van der Waals surface area (Å²) in [7, 11) is 0. The number of rotatable bonds is 4. The molecule has 0 saturated carbocycles. The summed E-state index contributed by atoms with van der Waals surface area (Å²) in [6.07, 6.45) is 14.9. The first-order chi connectivity index (χ1) is 26.1. The largest absolute Gasteiger partial charge is 0.338 e. The zero-order valence-electron chi connectivity index (χ0n) is 30.2. The van der Waals surface area contributed by atoms with Gasteiger partial charge < -0.3 is 9.47 Å². The van der Waals surface area contributed by atoms with Crippen LogP contribution in [-0.4, -0.2) is 10.6 Å². The second-order valence-electron chi connectivity index (χ2n) is 15.5. The first-order valence-corrected chi connectivity index (χ1v) is 19.1. The van der Waals surface area contributed by atoms with Crippen LogP contribution in [0.15, 0.2) is 175 Å². The van der Waals surface area contributed by atoms with Gasteiger partial charge in [0.05, 0.1) is 22.8 Å². The van der Waals surface area contributed by atoms with Crippen molar-refractivity contribution in [1.82, 2.24) is 4.57 Å². The van der Waals surface area contributed by atoms with Crippen LogP contribution < -0.4 is 4.90 Å². The maximum absolute atomic E-state index is 2.65. The Hall–Kier alpha value is -6.12. The van der Waals surface area contributed by atoms with E-state index in [9.17, 15) is 0 Å². The fraction of sp³-hybridized carbons (Fsp3) is 0.137. The Morgan fingerprint density at radius 3 is 1.87 bits per heavy atom. The molecule has 0 radical (unpaired) electrons. The Morgan fingerprint density at radius 2 is 1.23 bits per heavy atom. The topological polar surface area (TPSA) is 8.17 Å². The highest BCUT2D eigenvalue weighted by atomic mass is 15.2. The summed E-state index contributed by atoms with van der Waals surface area (Å²) in [5.74, 6) is 0. The zero-order valence-corrected chi connectivity index (χ0v) is 30.2. The van der Waals surface area contributed by atoms with E-state index < -0.39 is 0 Å². The molecule has 0 fully saturated rings. The third kappa shape index (κ3) is 4.39. The van der Waals surface area contributed by atoms with Gasteiger partial charge in [0.25, 0.3) is 0 Å². The molecule has 0 N–H and O–H groups in total. The van der Waals surface area contributed by atoms with E-state index in [4.69, 9.17) is 0 Å². The number of allylic oxidation sites excluding steroid dienone is 6. The summed E-state index contributed by atoms with van der Waals surface area (Å²) in [5.41, 5.74) is 12.0. The molecule has 1 unspecified atom stereocenters. The van der Waals surface area contributed by atoms with Gasteiger partial charge in [0, 0.05) is 33.1 Å². The fourth-order valence-corrected chi connectivity index (χ4v) is 9.98. The molecule has 1 heterocycles. The van der Waals surface area contributed by atoms with Crippen molar-refractivity contribution in [3.05, 3.63) is 186 Å². The van der Waals surface area contributed by atoms with Crippen molar-refractivity contribution in [2.24, 2.45) is 0 Å². The molecule has 3 aliphatic carbocycles. The molecule has 0 saturated heterocycles. The van der Waals surface area contributed by atoms with E-state index in [0.717, 1.165) is 19.3 Å². The number of benzene rings is 7. The van der Waals surface area contributed by atoms with E-state index in [1.807, 2.05) is 0 Å². The van der Waals surface area contributed by atoms with E-state index in [1.165, 1.54) is 93.5 Å². The molecule has 0 amide bonds. The standard InChI is InChI=1S/C51H40N2/c1-51(2)45-23-14-26-49(53-47-24-12-10-21-41(47)42-22-11-13-25-48(42)53)50(45)43-30-28-35(32-46(43)51)52(33-15-4-3-5-16-33)34-27-29-40-38-19-7-6-17-36(38)37-18-8-9-20-39(37)44(40)31-34/h3-4,6-15,17-31,35H,5,16,32H2,1-2H3. The maximum atomic E-state index is 2.65. The summed E-state index contributed by atoms with van der Waals surface area (Å²) in [4.78, 5) is 2.65. The molecule has 1 aromatic heterocycles. The van der Waals surface area contributed by atoms with Crippen molar-refractivity contribution >= 4 is 65.4 Å². The molecular weight excluding hydrogens is 641 g/mol. The Kier molecular flexibility index (Phi) is 6.58. The minimum Gasteiger partial charge on any atom is -0.338 e. The third-order valence-electron chi connectivity index (χ3n) is 12.4. The van der Waals surface area contributed by atoms with Crippen molar-refractivity contribution in [1.29, 1.82) is 0 Å². The van der Waals surface area contributed by atoms with Gasteiger partial charge in [-0.05, 0) is 105 Å². The van der Waals surface area contributed by atoms with Crippen molar-refractivity contribution in [3.8, 4) is 5.69 Å². The van der Waals surface area contributed by atoms with E-state index in [2.05, 4.69) is 187 Å². The number of hydrogen-bond acceptors (Lipinski definition) is 1. The molecule has 7 aromatic carbocycles. The Morgan fingerprint density at radius 1 is 0.623 bits per heavy atom. The Labute approximate surface area is 310 Å². The minimum absolute atomic E-state index is 0.104. The molecule has 0 aliphatic heterocycles. The number of anilines is 1. The van der Waals surface area contributed by atoms with Crippen molar-refractivity contribution in [3.63, 3.8) is 0 Å². The van der Waals surface area contributed by atoms with Crippen LogP contribution in [0.5, 0.6) is 0 Å². The van der Waals surface area contributed by atoms with Gasteiger partial charge in [-0.2, -0.15) is 0 Å². The van der Waals surface area contributed by atoms with Crippen LogP contribution in [0.4, 0.5) is 5.69 Å². The van der Waals surface area contributed by atoms with Gasteiger partial charge >= 0.3 is 0 Å². The second kappa shape index (κ2) is 11.4. The van der Waals surface area contributed by atoms with E-state index in [0.29, 0.717) is 0 Å². The average Bonchev–Trinajstić information content (AvgIpc) is 3.67. The zero-order chi connectivity index (χ0) is 35.3. The first-order valence-electron chi connectivity index (χ1n) is 19.1. The molecule has 3 aliphatic rings. The summed E-state index contributed by atoms with van der Waals surface area (Å²) in [6.45, 7) is 4.89. The van der Waals surface area contributed by atoms with Crippen LogP contribution in [0, 0.1) is 0 Å². The monoisotopic (exact) mass is 680 g/mol. The quantitative estimate of drug-likeness (QED) is 0.168. The van der Waals surface area contributed by atoms with Gasteiger partial charge in [0.15, 0.2) is 0 Å². The summed E-state index contributed by atoms with van der Waals surface area (Å²) < 4.78 is 2.50. The third-order valence-corrected chi connectivity index (χ3v) is 12.4. The molecule has 11 rings (SSSR count). The predicted octanol–water partition coefficient (Wildman–Crippen LogP) is 13.4. The summed E-state index contributed by atoms with van der Waals surface area (Å²) in [6, 6.07) is 49.9. The molecule has 254 valence electrons. The van der Waals surface area contributed by atoms with Crippen LogP contribution in [0.3, 0.4) is 0 Å². The molecule has 2 nitrogen and oxygen atoms in total. The maximum Gasteiger partial charge on any atom is 0.0560 e. The number of para-hydroxylation sites is 2. The summed E-state index contributed by atoms with van der Waals surface area (Å²) in [5, 5.41) is 10.5. The molecular formula is C51H40N2. The molecule has 0 bridgehead atoms. The highest BCUT2D eigenvalue weighted by Crippen LogP contribution is 2.53. The second-order valence-corrected chi connectivity index (χ2v) is 15.5. The van der Waals surface area contributed by atoms with Gasteiger partial charge in [0.2, 0.25) is 0 Å². The van der Waals surface area contributed by atoms with Gasteiger partial charge in [0.1, 0.15) is 0 Å². The number of fused-ring (bicyclic) bond motifs is 11. The normalized spacial score (nSPS) is 17.6. The van der Waals surface area contributed by atoms with Crippen LogP contribution in [0.25, 0.3) is 65.4 Å². The fourth-order valence-electron chi connectivity index (χ4n) is 9.98. The lowest BCUT2D eigenvalue weighted by Gasteiger charge is -2.38. The lowest BCUT2D eigenvalue weighted by Crippen LogP contribution is -2.36. The smallest absolute Gasteiger partial charge is 0.0560 e. The minimum atomic E-state index is -0.104. The average molecular weight is 681 g/mol. The van der Waals surface area contributed by atoms with Crippen LogP contribution >= 0.6 is 0 Å². The van der Waals surface area contributed by atoms with E-state index in [1.54, 1.807) is 0 Å². The molecule has 2 heteroatoms. The first kappa shape index (κ1) is 30.5. The number of hydrogen-bond donors (Lipinski definition) is 0. The van der Waals surface area contributed by atoms with Gasteiger partial charge in [-0.3, -0.25) is 0 Å².